The van der Waals surface area contributed by atoms with Crippen molar-refractivity contribution in [2.45, 2.75) is 0 Å². The van der Waals surface area contributed by atoms with Gasteiger partial charge in [-0.25, -0.2) is 4.98 Å². The van der Waals surface area contributed by atoms with E-state index in [1.165, 1.54) is 30.6 Å². The molecule has 3 rings (SSSR count). The number of nitrogens with zero attached hydrogens (tertiary/aromatic N) is 2. The Morgan fingerprint density at radius 1 is 1.20 bits per heavy atom. The number of fused-ring (bicyclic) bond motifs is 1. The summed E-state index contributed by atoms with van der Waals surface area (Å²) in [4.78, 5) is 14.8. The highest BCUT2D eigenvalue weighted by atomic mass is 35.5. The number of aromatic nitrogens is 1. The first-order chi connectivity index (χ1) is 12.0. The largest absolute Gasteiger partial charge is 0.493 e. The summed E-state index contributed by atoms with van der Waals surface area (Å²) >= 11 is 7.64. The van der Waals surface area contributed by atoms with Crippen molar-refractivity contribution in [1.29, 1.82) is 0 Å². The van der Waals surface area contributed by atoms with E-state index in [1.807, 2.05) is 12.2 Å². The van der Waals surface area contributed by atoms with Crippen LogP contribution in [0, 0.1) is 10.1 Å². The monoisotopic (exact) mass is 376 g/mol. The number of hydrogen-bond acceptors (Lipinski definition) is 6. The van der Waals surface area contributed by atoms with E-state index in [4.69, 9.17) is 21.1 Å². The second kappa shape index (κ2) is 7.08. The second-order valence-electron chi connectivity index (χ2n) is 5.03. The maximum Gasteiger partial charge on any atom is 0.271 e. The average molecular weight is 377 g/mol. The van der Waals surface area contributed by atoms with E-state index in [0.717, 1.165) is 15.3 Å². The van der Waals surface area contributed by atoms with Gasteiger partial charge in [0.1, 0.15) is 5.01 Å². The van der Waals surface area contributed by atoms with Crippen LogP contribution in [0.3, 0.4) is 0 Å². The highest BCUT2D eigenvalue weighted by Gasteiger charge is 2.11. The summed E-state index contributed by atoms with van der Waals surface area (Å²) in [6.45, 7) is 0. The minimum absolute atomic E-state index is 0.0278. The minimum atomic E-state index is -0.431. The summed E-state index contributed by atoms with van der Waals surface area (Å²) in [5, 5.41) is 12.0. The molecule has 3 aromatic rings. The molecular formula is C17H13ClN2O4S. The predicted octanol–water partition coefficient (Wildman–Crippen LogP) is 5.05. The van der Waals surface area contributed by atoms with Gasteiger partial charge in [-0.2, -0.15) is 0 Å². The topological polar surface area (TPSA) is 74.5 Å². The summed E-state index contributed by atoms with van der Waals surface area (Å²) in [5.41, 5.74) is 1.46. The third-order valence-electron chi connectivity index (χ3n) is 3.47. The third-order valence-corrected chi connectivity index (χ3v) is 4.76. The lowest BCUT2D eigenvalue weighted by atomic mass is 10.2. The predicted molar refractivity (Wildman–Crippen MR) is 99.8 cm³/mol. The Morgan fingerprint density at radius 2 is 2.00 bits per heavy atom. The minimum Gasteiger partial charge on any atom is -0.493 e. The van der Waals surface area contributed by atoms with Crippen molar-refractivity contribution >= 4 is 51.0 Å². The van der Waals surface area contributed by atoms with Gasteiger partial charge in [0.05, 0.1) is 34.4 Å². The maximum absolute atomic E-state index is 10.8. The first-order valence-corrected chi connectivity index (χ1v) is 8.36. The zero-order valence-corrected chi connectivity index (χ0v) is 14.9. The molecule has 1 heterocycles. The normalized spacial score (nSPS) is 11.2. The van der Waals surface area contributed by atoms with Crippen molar-refractivity contribution in [2.24, 2.45) is 0 Å². The lowest BCUT2D eigenvalue weighted by Gasteiger charge is -2.10. The summed E-state index contributed by atoms with van der Waals surface area (Å²) in [5.74, 6) is 1.02. The van der Waals surface area contributed by atoms with E-state index in [9.17, 15) is 10.1 Å². The molecule has 2 aromatic carbocycles. The zero-order valence-electron chi connectivity index (χ0n) is 13.4. The molecule has 0 saturated heterocycles. The Bertz CT molecular complexity index is 984. The number of methoxy groups -OCH3 is 2. The van der Waals surface area contributed by atoms with Crippen molar-refractivity contribution in [2.75, 3.05) is 14.2 Å². The molecule has 0 amide bonds. The van der Waals surface area contributed by atoms with Gasteiger partial charge in [-0.1, -0.05) is 17.7 Å². The van der Waals surface area contributed by atoms with Crippen molar-refractivity contribution in [1.82, 2.24) is 4.98 Å². The number of nitro benzene ring substituents is 1. The van der Waals surface area contributed by atoms with Crippen LogP contribution < -0.4 is 9.47 Å². The molecule has 0 atom stereocenters. The number of rotatable bonds is 5. The lowest BCUT2D eigenvalue weighted by Crippen LogP contribution is -1.92. The van der Waals surface area contributed by atoms with Gasteiger partial charge in [0, 0.05) is 12.1 Å². The number of benzene rings is 2. The summed E-state index contributed by atoms with van der Waals surface area (Å²) in [6, 6.07) is 8.21. The molecule has 0 unspecified atom stereocenters. The molecule has 0 saturated carbocycles. The third kappa shape index (κ3) is 3.57. The van der Waals surface area contributed by atoms with E-state index < -0.39 is 4.92 Å². The van der Waals surface area contributed by atoms with E-state index in [0.29, 0.717) is 22.0 Å². The number of non-ortho nitro benzene ring substituents is 1. The molecule has 8 heteroatoms. The molecule has 0 N–H and O–H groups in total. The molecule has 128 valence electrons. The van der Waals surface area contributed by atoms with Gasteiger partial charge in [0.15, 0.2) is 11.5 Å². The zero-order chi connectivity index (χ0) is 18.0. The molecule has 0 spiro atoms. The summed E-state index contributed by atoms with van der Waals surface area (Å²) in [7, 11) is 3.07. The van der Waals surface area contributed by atoms with Gasteiger partial charge in [0.25, 0.3) is 5.69 Å². The first kappa shape index (κ1) is 17.2. The number of nitro groups is 1. The Balaban J connectivity index is 1.93. The van der Waals surface area contributed by atoms with Gasteiger partial charge in [0.2, 0.25) is 0 Å². The number of thiazole rings is 1. The van der Waals surface area contributed by atoms with E-state index in [2.05, 4.69) is 4.98 Å². The Morgan fingerprint density at radius 3 is 2.68 bits per heavy atom. The van der Waals surface area contributed by atoms with Gasteiger partial charge in [-0.3, -0.25) is 10.1 Å². The fraction of sp³-hybridized carbons (Fsp3) is 0.118. The molecule has 0 bridgehead atoms. The Hall–Kier alpha value is -2.64. The number of hydrogen-bond donors (Lipinski definition) is 0. The first-order valence-electron chi connectivity index (χ1n) is 7.16. The number of halogens is 1. The molecule has 0 aliphatic heterocycles. The molecule has 0 aliphatic rings. The van der Waals surface area contributed by atoms with Crippen molar-refractivity contribution in [3.63, 3.8) is 0 Å². The molecule has 6 nitrogen and oxygen atoms in total. The SMILES string of the molecule is COc1cc(/C=C/c2nc3cc([N+](=O)[O-])ccc3s2)cc(Cl)c1OC. The number of ether oxygens (including phenoxy) is 2. The Kier molecular flexibility index (Phi) is 4.87. The second-order valence-corrected chi connectivity index (χ2v) is 6.50. The van der Waals surface area contributed by atoms with Crippen LogP contribution >= 0.6 is 22.9 Å². The fourth-order valence-corrected chi connectivity index (χ4v) is 3.47. The standard InChI is InChI=1S/C17H13ClN2O4S/c1-23-14-8-10(7-12(18)17(14)24-2)3-6-16-19-13-9-11(20(21)22)4-5-15(13)25-16/h3-9H,1-2H3/b6-3+. The van der Waals surface area contributed by atoms with Crippen molar-refractivity contribution in [3.05, 3.63) is 56.0 Å². The molecule has 25 heavy (non-hydrogen) atoms. The molecule has 0 fully saturated rings. The summed E-state index contributed by atoms with van der Waals surface area (Å²) in [6.07, 6.45) is 3.67. The smallest absolute Gasteiger partial charge is 0.271 e. The quantitative estimate of drug-likeness (QED) is 0.460. The van der Waals surface area contributed by atoms with Crippen LogP contribution in [0.15, 0.2) is 30.3 Å². The lowest BCUT2D eigenvalue weighted by molar-refractivity contribution is -0.384. The highest BCUT2D eigenvalue weighted by molar-refractivity contribution is 7.19. The van der Waals surface area contributed by atoms with E-state index in [-0.39, 0.29) is 5.69 Å². The van der Waals surface area contributed by atoms with Gasteiger partial charge >= 0.3 is 0 Å². The maximum atomic E-state index is 10.8. The van der Waals surface area contributed by atoms with Crippen molar-refractivity contribution in [3.8, 4) is 11.5 Å². The fourth-order valence-electron chi connectivity index (χ4n) is 2.32. The van der Waals surface area contributed by atoms with Gasteiger partial charge < -0.3 is 9.47 Å². The van der Waals surface area contributed by atoms with Gasteiger partial charge in [-0.15, -0.1) is 11.3 Å². The van der Waals surface area contributed by atoms with Crippen LogP contribution in [0.1, 0.15) is 10.6 Å². The van der Waals surface area contributed by atoms with Gasteiger partial charge in [-0.05, 0) is 29.8 Å². The van der Waals surface area contributed by atoms with Crippen LogP contribution in [0.5, 0.6) is 11.5 Å². The summed E-state index contributed by atoms with van der Waals surface area (Å²) < 4.78 is 11.4. The molecule has 0 radical (unpaired) electrons. The highest BCUT2D eigenvalue weighted by Crippen LogP contribution is 2.36. The van der Waals surface area contributed by atoms with Crippen LogP contribution in [-0.2, 0) is 0 Å². The molecule has 0 aliphatic carbocycles. The van der Waals surface area contributed by atoms with Crippen LogP contribution in [0.2, 0.25) is 5.02 Å². The molecule has 1 aromatic heterocycles. The van der Waals surface area contributed by atoms with Crippen LogP contribution in [0.4, 0.5) is 5.69 Å². The average Bonchev–Trinajstić information content (AvgIpc) is 3.01. The van der Waals surface area contributed by atoms with Crippen molar-refractivity contribution < 1.29 is 14.4 Å². The van der Waals surface area contributed by atoms with Crippen LogP contribution in [-0.4, -0.2) is 24.1 Å². The van der Waals surface area contributed by atoms with E-state index >= 15 is 0 Å². The van der Waals surface area contributed by atoms with E-state index in [1.54, 1.807) is 25.3 Å². The molecular weight excluding hydrogens is 364 g/mol. The van der Waals surface area contributed by atoms with Crippen LogP contribution in [0.25, 0.3) is 22.4 Å². The Labute approximate surface area is 152 Å².